The first-order valence-corrected chi connectivity index (χ1v) is 2.78. The third kappa shape index (κ3) is 3.16. The fraction of sp³-hybridized carbons (Fsp3) is 0.667. The van der Waals surface area contributed by atoms with Gasteiger partial charge in [-0.05, 0) is 0 Å². The van der Waals surface area contributed by atoms with Crippen LogP contribution >= 0.6 is 0 Å². The standard InChI is InChI=1S/C6H11N.Y/c1-7-5-3-2-4-6-7;/h5-6H,2-4H2,1H3;/q-2;. The van der Waals surface area contributed by atoms with Gasteiger partial charge in [-0.15, -0.1) is 6.42 Å². The molecule has 1 aliphatic rings. The molecule has 0 spiro atoms. The largest absolute Gasteiger partial charge is 0.608 e. The maximum atomic E-state index is 2.21. The second-order valence-corrected chi connectivity index (χ2v) is 1.96. The van der Waals surface area contributed by atoms with E-state index < -0.39 is 0 Å². The van der Waals surface area contributed by atoms with Crippen molar-refractivity contribution in [1.82, 2.24) is 4.90 Å². The summed E-state index contributed by atoms with van der Waals surface area (Å²) in [6, 6.07) is 0. The number of likely N-dealkylation sites (tertiary alicyclic amines) is 1. The van der Waals surface area contributed by atoms with Crippen LogP contribution in [0.2, 0.25) is 0 Å². The van der Waals surface area contributed by atoms with Gasteiger partial charge in [-0.2, -0.15) is 12.8 Å². The van der Waals surface area contributed by atoms with E-state index in [4.69, 9.17) is 0 Å². The van der Waals surface area contributed by atoms with Crippen molar-refractivity contribution in [3.8, 4) is 0 Å². The van der Waals surface area contributed by atoms with Crippen molar-refractivity contribution in [2.75, 3.05) is 7.05 Å². The van der Waals surface area contributed by atoms with Crippen molar-refractivity contribution < 1.29 is 32.7 Å². The Balaban J connectivity index is 0.000000490. The molecule has 0 unspecified atom stereocenters. The van der Waals surface area contributed by atoms with Crippen LogP contribution in [-0.4, -0.2) is 11.9 Å². The van der Waals surface area contributed by atoms with E-state index in [9.17, 15) is 0 Å². The van der Waals surface area contributed by atoms with Crippen LogP contribution in [0.4, 0.5) is 0 Å². The van der Waals surface area contributed by atoms with Gasteiger partial charge in [0.1, 0.15) is 0 Å². The topological polar surface area (TPSA) is 3.24 Å². The quantitative estimate of drug-likeness (QED) is 0.517. The van der Waals surface area contributed by atoms with Gasteiger partial charge in [0.2, 0.25) is 0 Å². The van der Waals surface area contributed by atoms with Gasteiger partial charge >= 0.3 is 0 Å². The first kappa shape index (κ1) is 9.06. The Morgan fingerprint density at radius 3 is 2.00 bits per heavy atom. The van der Waals surface area contributed by atoms with Crippen molar-refractivity contribution in [1.29, 1.82) is 0 Å². The smallest absolute Gasteiger partial charge is 0 e. The summed E-state index contributed by atoms with van der Waals surface area (Å²) >= 11 is 0. The molecule has 2 heteroatoms. The molecule has 0 amide bonds. The molecule has 8 heavy (non-hydrogen) atoms. The molecule has 1 rings (SSSR count). The Kier molecular flexibility index (Phi) is 5.55. The van der Waals surface area contributed by atoms with E-state index in [-0.39, 0.29) is 32.7 Å². The molecule has 1 aliphatic heterocycles. The van der Waals surface area contributed by atoms with Crippen LogP contribution < -0.4 is 0 Å². The summed E-state index contributed by atoms with van der Waals surface area (Å²) in [6.45, 7) is 4.42. The molecule has 0 aromatic heterocycles. The Labute approximate surface area is 76.7 Å². The van der Waals surface area contributed by atoms with Crippen LogP contribution in [0.25, 0.3) is 0 Å². The summed E-state index contributed by atoms with van der Waals surface area (Å²) in [5, 5.41) is 0. The molecule has 0 N–H and O–H groups in total. The first-order valence-electron chi connectivity index (χ1n) is 2.78. The van der Waals surface area contributed by atoms with Crippen LogP contribution in [0.5, 0.6) is 0 Å². The van der Waals surface area contributed by atoms with Gasteiger partial charge in [-0.25, -0.2) is 0 Å². The van der Waals surface area contributed by atoms with E-state index >= 15 is 0 Å². The van der Waals surface area contributed by atoms with E-state index in [1.165, 1.54) is 19.3 Å². The Bertz CT molecular complexity index is 50.5. The van der Waals surface area contributed by atoms with Crippen molar-refractivity contribution >= 4 is 0 Å². The van der Waals surface area contributed by atoms with Crippen molar-refractivity contribution in [3.05, 3.63) is 13.1 Å². The molecule has 0 aromatic rings. The molecule has 1 nitrogen and oxygen atoms in total. The monoisotopic (exact) mass is 186 g/mol. The minimum Gasteiger partial charge on any atom is -0.608 e. The maximum absolute atomic E-state index is 2.21. The van der Waals surface area contributed by atoms with Gasteiger partial charge in [-0.1, -0.05) is 7.05 Å². The second kappa shape index (κ2) is 4.90. The van der Waals surface area contributed by atoms with E-state index in [1.807, 2.05) is 0 Å². The number of piperidine rings is 1. The van der Waals surface area contributed by atoms with Crippen LogP contribution in [0, 0.1) is 13.1 Å². The molecule has 0 aliphatic carbocycles. The Morgan fingerprint density at radius 1 is 1.25 bits per heavy atom. The zero-order valence-corrected chi connectivity index (χ0v) is 8.14. The Morgan fingerprint density at radius 2 is 1.75 bits per heavy atom. The van der Waals surface area contributed by atoms with Crippen molar-refractivity contribution in [2.24, 2.45) is 0 Å². The van der Waals surface area contributed by atoms with Crippen LogP contribution in [-0.2, 0) is 32.7 Å². The third-order valence-electron chi connectivity index (χ3n) is 1.24. The zero-order chi connectivity index (χ0) is 5.11. The molecular weight excluding hydrogens is 175 g/mol. The van der Waals surface area contributed by atoms with Crippen molar-refractivity contribution in [2.45, 2.75) is 19.3 Å². The molecule has 0 aromatic carbocycles. The second-order valence-electron chi connectivity index (χ2n) is 1.96. The fourth-order valence-corrected chi connectivity index (χ4v) is 0.782. The molecule has 0 saturated carbocycles. The Hall–Kier alpha value is 1.06. The number of rotatable bonds is 0. The third-order valence-corrected chi connectivity index (χ3v) is 1.24. The summed E-state index contributed by atoms with van der Waals surface area (Å²) in [7, 11) is 2.08. The molecule has 1 fully saturated rings. The predicted octanol–water partition coefficient (Wildman–Crippen LogP) is 1.42. The van der Waals surface area contributed by atoms with Crippen molar-refractivity contribution in [3.63, 3.8) is 0 Å². The van der Waals surface area contributed by atoms with E-state index in [2.05, 4.69) is 25.0 Å². The number of hydrogen-bond acceptors (Lipinski definition) is 1. The average molecular weight is 186 g/mol. The van der Waals surface area contributed by atoms with Crippen LogP contribution in [0.3, 0.4) is 0 Å². The number of hydrogen-bond donors (Lipinski definition) is 0. The summed E-state index contributed by atoms with van der Waals surface area (Å²) in [6.07, 6.45) is 3.85. The minimum atomic E-state index is 0. The molecule has 1 saturated heterocycles. The molecule has 1 radical (unpaired) electrons. The molecule has 0 atom stereocenters. The van der Waals surface area contributed by atoms with Gasteiger partial charge in [0.05, 0.1) is 0 Å². The average Bonchev–Trinajstić information content (AvgIpc) is 1.69. The van der Waals surface area contributed by atoms with Crippen LogP contribution in [0.15, 0.2) is 0 Å². The maximum Gasteiger partial charge on any atom is 0 e. The van der Waals surface area contributed by atoms with Gasteiger partial charge in [0.25, 0.3) is 0 Å². The molecule has 0 bridgehead atoms. The number of nitrogens with zero attached hydrogens (tertiary/aromatic N) is 1. The summed E-state index contributed by atoms with van der Waals surface area (Å²) in [4.78, 5) is 2.14. The van der Waals surface area contributed by atoms with Gasteiger partial charge in [0, 0.05) is 32.7 Å². The fourth-order valence-electron chi connectivity index (χ4n) is 0.782. The molecule has 45 valence electrons. The first-order chi connectivity index (χ1) is 3.39. The van der Waals surface area contributed by atoms with Gasteiger partial charge < -0.3 is 18.0 Å². The minimum absolute atomic E-state index is 0. The molecule has 1 heterocycles. The normalized spacial score (nSPS) is 22.1. The zero-order valence-electron chi connectivity index (χ0n) is 5.30. The summed E-state index contributed by atoms with van der Waals surface area (Å²) in [5.74, 6) is 0. The van der Waals surface area contributed by atoms with E-state index in [0.717, 1.165) is 0 Å². The summed E-state index contributed by atoms with van der Waals surface area (Å²) < 4.78 is 0. The van der Waals surface area contributed by atoms with E-state index in [1.54, 1.807) is 0 Å². The van der Waals surface area contributed by atoms with Gasteiger partial charge in [-0.3, -0.25) is 0 Å². The van der Waals surface area contributed by atoms with Crippen LogP contribution in [0.1, 0.15) is 19.3 Å². The van der Waals surface area contributed by atoms with E-state index in [0.29, 0.717) is 0 Å². The summed E-state index contributed by atoms with van der Waals surface area (Å²) in [5.41, 5.74) is 0. The van der Waals surface area contributed by atoms with Gasteiger partial charge in [0.15, 0.2) is 0 Å². The SMILES string of the molecule is CN1[CH-]CCC[CH-]1.[Y]. The molecular formula is C6H11NY-2. The predicted molar refractivity (Wildman–Crippen MR) is 30.2 cm³/mol.